The molecule has 2 heterocycles. The number of anilines is 1. The average molecular weight is 382 g/mol. The molecule has 5 nitrogen and oxygen atoms in total. The van der Waals surface area contributed by atoms with E-state index in [2.05, 4.69) is 10.9 Å². The van der Waals surface area contributed by atoms with Crippen LogP contribution in [0.2, 0.25) is 0 Å². The van der Waals surface area contributed by atoms with Gasteiger partial charge in [-0.1, -0.05) is 30.3 Å². The van der Waals surface area contributed by atoms with Gasteiger partial charge in [0.15, 0.2) is 5.17 Å². The molecule has 0 radical (unpaired) electrons. The second-order valence-electron chi connectivity index (χ2n) is 6.64. The Balaban J connectivity index is 1.59. The van der Waals surface area contributed by atoms with Gasteiger partial charge in [0, 0.05) is 12.5 Å². The van der Waals surface area contributed by atoms with Crippen molar-refractivity contribution in [1.82, 2.24) is 10.9 Å². The molecule has 2 aliphatic heterocycles. The first-order valence-corrected chi connectivity index (χ1v) is 9.48. The van der Waals surface area contributed by atoms with Gasteiger partial charge in [0.1, 0.15) is 5.82 Å². The number of carbonyl (C=O) groups is 1. The number of benzene rings is 2. The van der Waals surface area contributed by atoms with Gasteiger partial charge in [-0.25, -0.2) is 9.82 Å². The van der Waals surface area contributed by atoms with Crippen molar-refractivity contribution in [2.24, 2.45) is 5.92 Å². The van der Waals surface area contributed by atoms with Crippen molar-refractivity contribution in [2.45, 2.75) is 13.0 Å². The quantitative estimate of drug-likeness (QED) is 0.711. The highest BCUT2D eigenvalue weighted by molar-refractivity contribution is 8.19. The number of thioether (sulfide) groups is 1. The Morgan fingerprint density at radius 2 is 2.04 bits per heavy atom. The van der Waals surface area contributed by atoms with E-state index in [1.807, 2.05) is 37.3 Å². The molecule has 0 bridgehead atoms. The van der Waals surface area contributed by atoms with E-state index < -0.39 is 0 Å². The fraction of sp³-hybridized carbons (Fsp3) is 0.200. The minimum Gasteiger partial charge on any atom is -0.278 e. The van der Waals surface area contributed by atoms with Crippen LogP contribution in [0.3, 0.4) is 0 Å². The van der Waals surface area contributed by atoms with Crippen LogP contribution in [-0.2, 0) is 4.79 Å². The molecular weight excluding hydrogens is 363 g/mol. The summed E-state index contributed by atoms with van der Waals surface area (Å²) in [7, 11) is 0. The third-order valence-electron chi connectivity index (χ3n) is 4.70. The maximum Gasteiger partial charge on any atom is 0.270 e. The van der Waals surface area contributed by atoms with Crippen LogP contribution in [0, 0.1) is 24.1 Å². The van der Waals surface area contributed by atoms with Crippen molar-refractivity contribution in [2.75, 3.05) is 11.4 Å². The highest BCUT2D eigenvalue weighted by Gasteiger charge is 2.36. The zero-order chi connectivity index (χ0) is 19.0. The lowest BCUT2D eigenvalue weighted by Gasteiger charge is -2.17. The first-order chi connectivity index (χ1) is 13.0. The van der Waals surface area contributed by atoms with Crippen molar-refractivity contribution in [1.29, 1.82) is 5.41 Å². The Hall–Kier alpha value is -2.48. The fourth-order valence-electron chi connectivity index (χ4n) is 3.36. The molecule has 2 atom stereocenters. The number of hydrazine groups is 1. The van der Waals surface area contributed by atoms with Crippen LogP contribution in [-0.4, -0.2) is 17.6 Å². The van der Waals surface area contributed by atoms with E-state index in [4.69, 9.17) is 5.41 Å². The number of carbonyl (C=O) groups excluding carboxylic acids is 1. The Kier molecular flexibility index (Phi) is 4.82. The first-order valence-electron chi connectivity index (χ1n) is 8.66. The lowest BCUT2D eigenvalue weighted by molar-refractivity contribution is -0.113. The third-order valence-corrected chi connectivity index (χ3v) is 5.61. The molecule has 2 fully saturated rings. The van der Waals surface area contributed by atoms with Crippen LogP contribution in [0.25, 0.3) is 0 Å². The molecule has 1 amide bonds. The van der Waals surface area contributed by atoms with E-state index in [0.717, 1.165) is 11.1 Å². The molecule has 0 aromatic heterocycles. The summed E-state index contributed by atoms with van der Waals surface area (Å²) in [5, 5.41) is 8.44. The van der Waals surface area contributed by atoms with Gasteiger partial charge >= 0.3 is 0 Å². The number of hydrogen-bond acceptors (Lipinski definition) is 5. The Morgan fingerprint density at radius 1 is 1.26 bits per heavy atom. The Bertz CT molecular complexity index is 928. The van der Waals surface area contributed by atoms with Gasteiger partial charge in [-0.3, -0.25) is 20.5 Å². The lowest BCUT2D eigenvalue weighted by Crippen LogP contribution is -2.28. The molecule has 2 aromatic rings. The summed E-state index contributed by atoms with van der Waals surface area (Å²) >= 11 is 1.17. The summed E-state index contributed by atoms with van der Waals surface area (Å²) in [6.07, 6.45) is 1.92. The maximum absolute atomic E-state index is 13.2. The highest BCUT2D eigenvalue weighted by atomic mass is 32.2. The molecule has 7 heteroatoms. The van der Waals surface area contributed by atoms with Crippen molar-refractivity contribution in [3.8, 4) is 0 Å². The van der Waals surface area contributed by atoms with E-state index in [1.165, 1.54) is 28.8 Å². The number of hydrogen-bond donors (Lipinski definition) is 3. The molecular formula is C20H19FN4OS. The topological polar surface area (TPSA) is 68.2 Å². The molecule has 0 spiro atoms. The number of amides is 1. The van der Waals surface area contributed by atoms with E-state index in [1.54, 1.807) is 12.1 Å². The molecule has 0 aliphatic carbocycles. The molecule has 2 aromatic carbocycles. The number of aryl methyl sites for hydroxylation is 1. The summed E-state index contributed by atoms with van der Waals surface area (Å²) in [6, 6.07) is 13.9. The smallest absolute Gasteiger partial charge is 0.270 e. The zero-order valence-electron chi connectivity index (χ0n) is 14.7. The second-order valence-corrected chi connectivity index (χ2v) is 7.67. The number of halogens is 1. The van der Waals surface area contributed by atoms with Gasteiger partial charge in [0.2, 0.25) is 0 Å². The van der Waals surface area contributed by atoms with Crippen molar-refractivity contribution < 1.29 is 9.18 Å². The average Bonchev–Trinajstić information content (AvgIpc) is 3.20. The summed E-state index contributed by atoms with van der Waals surface area (Å²) in [6.45, 7) is 2.61. The minimum atomic E-state index is -0.275. The molecule has 0 saturated carbocycles. The van der Waals surface area contributed by atoms with Crippen LogP contribution in [0.5, 0.6) is 0 Å². The summed E-state index contributed by atoms with van der Waals surface area (Å²) in [4.78, 5) is 14.9. The predicted molar refractivity (Wildman–Crippen MR) is 106 cm³/mol. The molecule has 2 unspecified atom stereocenters. The Labute approximate surface area is 161 Å². The van der Waals surface area contributed by atoms with E-state index in [9.17, 15) is 9.18 Å². The number of nitrogens with zero attached hydrogens (tertiary/aromatic N) is 1. The molecule has 27 heavy (non-hydrogen) atoms. The monoisotopic (exact) mass is 382 g/mol. The van der Waals surface area contributed by atoms with Gasteiger partial charge in [-0.05, 0) is 54.1 Å². The summed E-state index contributed by atoms with van der Waals surface area (Å²) in [5.41, 5.74) is 8.99. The van der Waals surface area contributed by atoms with Gasteiger partial charge in [-0.15, -0.1) is 0 Å². The van der Waals surface area contributed by atoms with Crippen LogP contribution in [0.4, 0.5) is 10.1 Å². The van der Waals surface area contributed by atoms with E-state index in [-0.39, 0.29) is 28.9 Å². The lowest BCUT2D eigenvalue weighted by atomic mass is 9.94. The van der Waals surface area contributed by atoms with Crippen LogP contribution in [0.1, 0.15) is 17.2 Å². The molecule has 2 aliphatic rings. The standard InChI is InChI=1S/C20H19FN4OS/c1-12-3-2-4-16(9-12)25-19(26)17(27-20(25)22)10-14-11-23-24-18(14)13-5-7-15(21)8-6-13/h2-10,14,18,22-24H,11H2,1H3/b17-10-,22-20?. The van der Waals surface area contributed by atoms with E-state index >= 15 is 0 Å². The fourth-order valence-corrected chi connectivity index (χ4v) is 4.27. The normalized spacial score (nSPS) is 24.2. The van der Waals surface area contributed by atoms with E-state index in [0.29, 0.717) is 17.1 Å². The maximum atomic E-state index is 13.2. The van der Waals surface area contributed by atoms with Gasteiger partial charge < -0.3 is 0 Å². The molecule has 3 N–H and O–H groups in total. The highest BCUT2D eigenvalue weighted by Crippen LogP contribution is 2.37. The molecule has 138 valence electrons. The largest absolute Gasteiger partial charge is 0.278 e. The Morgan fingerprint density at radius 3 is 2.78 bits per heavy atom. The van der Waals surface area contributed by atoms with Crippen molar-refractivity contribution in [3.05, 3.63) is 76.5 Å². The zero-order valence-corrected chi connectivity index (χ0v) is 15.5. The number of amidine groups is 1. The van der Waals surface area contributed by atoms with Crippen molar-refractivity contribution in [3.63, 3.8) is 0 Å². The molecule has 4 rings (SSSR count). The van der Waals surface area contributed by atoms with Crippen LogP contribution >= 0.6 is 11.8 Å². The third kappa shape index (κ3) is 3.53. The number of nitrogens with one attached hydrogen (secondary N) is 3. The van der Waals surface area contributed by atoms with Crippen molar-refractivity contribution >= 4 is 28.5 Å². The molecule has 2 saturated heterocycles. The van der Waals surface area contributed by atoms with Crippen LogP contribution in [0.15, 0.2) is 59.5 Å². The summed E-state index contributed by atoms with van der Waals surface area (Å²) < 4.78 is 13.2. The van der Waals surface area contributed by atoms with Gasteiger partial charge in [0.05, 0.1) is 16.6 Å². The summed E-state index contributed by atoms with van der Waals surface area (Å²) in [5.74, 6) is -0.434. The number of rotatable bonds is 3. The second kappa shape index (κ2) is 7.26. The predicted octanol–water partition coefficient (Wildman–Crippen LogP) is 3.50. The first kappa shape index (κ1) is 17.9. The van der Waals surface area contributed by atoms with Gasteiger partial charge in [0.25, 0.3) is 5.91 Å². The van der Waals surface area contributed by atoms with Crippen LogP contribution < -0.4 is 15.8 Å². The van der Waals surface area contributed by atoms with Gasteiger partial charge in [-0.2, -0.15) is 0 Å². The minimum absolute atomic E-state index is 0.0205. The SMILES string of the molecule is Cc1cccc(N2C(=N)S/C(=C\C3CNNC3c3ccc(F)cc3)C2=O)c1.